The normalized spacial score (nSPS) is 15.1. The Balaban J connectivity index is 1.47. The highest BCUT2D eigenvalue weighted by atomic mass is 16.5. The van der Waals surface area contributed by atoms with Gasteiger partial charge in [0.25, 0.3) is 11.8 Å². The van der Waals surface area contributed by atoms with Crippen molar-refractivity contribution in [2.75, 3.05) is 14.2 Å². The van der Waals surface area contributed by atoms with E-state index in [1.54, 1.807) is 25.0 Å². The number of rotatable bonds is 6. The number of para-hydroxylation sites is 1. The minimum absolute atomic E-state index is 0.199. The van der Waals surface area contributed by atoms with Crippen molar-refractivity contribution >= 4 is 11.8 Å². The van der Waals surface area contributed by atoms with Crippen LogP contribution in [0.3, 0.4) is 0 Å². The molecule has 154 valence electrons. The second-order valence-electron chi connectivity index (χ2n) is 6.90. The largest absolute Gasteiger partial charge is 0.497 e. The van der Waals surface area contributed by atoms with Crippen molar-refractivity contribution in [1.29, 1.82) is 0 Å². The van der Waals surface area contributed by atoms with Crippen molar-refractivity contribution in [2.45, 2.75) is 19.1 Å². The van der Waals surface area contributed by atoms with Gasteiger partial charge in [0, 0.05) is 24.8 Å². The van der Waals surface area contributed by atoms with Gasteiger partial charge in [0.15, 0.2) is 5.82 Å². The number of nitrogens with zero attached hydrogens (tertiary/aromatic N) is 2. The first-order chi connectivity index (χ1) is 14.6. The van der Waals surface area contributed by atoms with Crippen LogP contribution in [0.25, 0.3) is 0 Å². The van der Waals surface area contributed by atoms with Gasteiger partial charge in [-0.05, 0) is 23.8 Å². The molecule has 0 saturated carbocycles. The van der Waals surface area contributed by atoms with E-state index in [2.05, 4.69) is 15.6 Å². The maximum absolute atomic E-state index is 12.6. The Morgan fingerprint density at radius 2 is 1.93 bits per heavy atom. The van der Waals surface area contributed by atoms with E-state index in [1.165, 1.54) is 0 Å². The number of carbonyl (C=O) groups is 2. The van der Waals surface area contributed by atoms with E-state index in [9.17, 15) is 9.59 Å². The average Bonchev–Trinajstić information content (AvgIpc) is 3.23. The number of amides is 2. The van der Waals surface area contributed by atoms with E-state index < -0.39 is 0 Å². The number of hydrogen-bond acceptors (Lipinski definition) is 5. The molecule has 8 heteroatoms. The molecule has 1 aliphatic rings. The molecule has 1 atom stereocenters. The number of imidazole rings is 1. The summed E-state index contributed by atoms with van der Waals surface area (Å²) in [5.74, 6) is 1.01. The molecule has 0 aliphatic carbocycles. The van der Waals surface area contributed by atoms with Crippen LogP contribution in [0.2, 0.25) is 0 Å². The summed E-state index contributed by atoms with van der Waals surface area (Å²) < 4.78 is 12.2. The van der Waals surface area contributed by atoms with Crippen molar-refractivity contribution in [1.82, 2.24) is 20.2 Å². The van der Waals surface area contributed by atoms with Crippen molar-refractivity contribution in [3.05, 3.63) is 77.4 Å². The highest BCUT2D eigenvalue weighted by molar-refractivity contribution is 5.96. The van der Waals surface area contributed by atoms with Crippen LogP contribution in [0.15, 0.2) is 54.7 Å². The third kappa shape index (κ3) is 3.84. The van der Waals surface area contributed by atoms with E-state index in [0.29, 0.717) is 18.8 Å². The summed E-state index contributed by atoms with van der Waals surface area (Å²) in [7, 11) is 3.19. The number of hydrogen-bond donors (Lipinski definition) is 2. The monoisotopic (exact) mass is 406 g/mol. The quantitative estimate of drug-likeness (QED) is 0.655. The minimum Gasteiger partial charge on any atom is -0.497 e. The van der Waals surface area contributed by atoms with Crippen LogP contribution in [-0.2, 0) is 13.1 Å². The molecular weight excluding hydrogens is 384 g/mol. The Bertz CT molecular complexity index is 1070. The van der Waals surface area contributed by atoms with Gasteiger partial charge in [-0.3, -0.25) is 9.59 Å². The van der Waals surface area contributed by atoms with E-state index in [4.69, 9.17) is 9.47 Å². The molecule has 0 bridgehead atoms. The predicted octanol–water partition coefficient (Wildman–Crippen LogP) is 2.32. The molecule has 1 unspecified atom stereocenters. The van der Waals surface area contributed by atoms with Crippen molar-refractivity contribution in [3.63, 3.8) is 0 Å². The van der Waals surface area contributed by atoms with Gasteiger partial charge in [0.05, 0.1) is 20.3 Å². The highest BCUT2D eigenvalue weighted by Crippen LogP contribution is 2.24. The number of carbonyl (C=O) groups excluding carboxylic acids is 2. The number of methoxy groups -OCH3 is 2. The number of aromatic nitrogens is 2. The molecule has 3 aromatic rings. The van der Waals surface area contributed by atoms with Gasteiger partial charge >= 0.3 is 0 Å². The summed E-state index contributed by atoms with van der Waals surface area (Å²) in [6, 6.07) is 14.8. The number of ether oxygens (including phenoxy) is 2. The summed E-state index contributed by atoms with van der Waals surface area (Å²) >= 11 is 0. The molecule has 0 spiro atoms. The predicted molar refractivity (Wildman–Crippen MR) is 110 cm³/mol. The third-order valence-electron chi connectivity index (χ3n) is 5.05. The molecule has 2 amide bonds. The smallest absolute Gasteiger partial charge is 0.287 e. The second kappa shape index (κ2) is 8.28. The van der Waals surface area contributed by atoms with Gasteiger partial charge in [-0.15, -0.1) is 0 Å². The Kier molecular flexibility index (Phi) is 5.38. The second-order valence-corrected chi connectivity index (χ2v) is 6.90. The van der Waals surface area contributed by atoms with Crippen LogP contribution in [-0.4, -0.2) is 35.6 Å². The molecule has 2 aromatic carbocycles. The molecule has 0 fully saturated rings. The fourth-order valence-corrected chi connectivity index (χ4v) is 3.45. The molecular formula is C22H22N4O4. The minimum atomic E-state index is -0.350. The highest BCUT2D eigenvalue weighted by Gasteiger charge is 2.28. The van der Waals surface area contributed by atoms with E-state index in [0.717, 1.165) is 16.9 Å². The van der Waals surface area contributed by atoms with Crippen LogP contribution in [0.4, 0.5) is 0 Å². The zero-order valence-corrected chi connectivity index (χ0v) is 16.7. The summed E-state index contributed by atoms with van der Waals surface area (Å²) in [5, 5.41) is 5.77. The van der Waals surface area contributed by atoms with Gasteiger partial charge in [0.2, 0.25) is 0 Å². The molecule has 2 heterocycles. The van der Waals surface area contributed by atoms with Crippen LogP contribution in [0.1, 0.15) is 38.3 Å². The first-order valence-corrected chi connectivity index (χ1v) is 9.51. The zero-order chi connectivity index (χ0) is 21.1. The fraction of sp³-hybridized carbons (Fsp3) is 0.227. The topological polar surface area (TPSA) is 94.5 Å². The molecule has 4 rings (SSSR count). The molecule has 1 aliphatic heterocycles. The van der Waals surface area contributed by atoms with E-state index in [-0.39, 0.29) is 29.4 Å². The summed E-state index contributed by atoms with van der Waals surface area (Å²) in [6.45, 7) is 0.784. The Morgan fingerprint density at radius 1 is 1.17 bits per heavy atom. The van der Waals surface area contributed by atoms with E-state index >= 15 is 0 Å². The maximum atomic E-state index is 12.6. The van der Waals surface area contributed by atoms with Crippen molar-refractivity contribution in [3.8, 4) is 11.5 Å². The van der Waals surface area contributed by atoms with Crippen LogP contribution in [0, 0.1) is 0 Å². The lowest BCUT2D eigenvalue weighted by Crippen LogP contribution is -2.38. The first kappa shape index (κ1) is 19.5. The summed E-state index contributed by atoms with van der Waals surface area (Å²) in [6.07, 6.45) is 1.61. The number of fused-ring (bicyclic) bond motifs is 1. The van der Waals surface area contributed by atoms with Gasteiger partial charge in [-0.25, -0.2) is 4.98 Å². The van der Waals surface area contributed by atoms with Gasteiger partial charge in [-0.2, -0.15) is 0 Å². The lowest BCUT2D eigenvalue weighted by molar-refractivity contribution is 0.0894. The van der Waals surface area contributed by atoms with Gasteiger partial charge in [-0.1, -0.05) is 30.3 Å². The van der Waals surface area contributed by atoms with Gasteiger partial charge < -0.3 is 24.7 Å². The van der Waals surface area contributed by atoms with Crippen LogP contribution >= 0.6 is 0 Å². The first-order valence-electron chi connectivity index (χ1n) is 9.51. The van der Waals surface area contributed by atoms with E-state index in [1.807, 2.05) is 48.5 Å². The van der Waals surface area contributed by atoms with Gasteiger partial charge in [0.1, 0.15) is 17.2 Å². The Labute approximate surface area is 173 Å². The standard InChI is InChI=1S/C22H22N4O4/c1-29-16-9-7-14(8-10-16)17-12-26-13-18(24-20(26)22(28)25-17)21(27)23-11-15-5-3-4-6-19(15)30-2/h3-10,13,17H,11-12H2,1-2H3,(H,23,27)(H,25,28). The average molecular weight is 406 g/mol. The number of nitrogens with one attached hydrogen (secondary N) is 2. The molecule has 1 aromatic heterocycles. The Morgan fingerprint density at radius 3 is 2.67 bits per heavy atom. The van der Waals surface area contributed by atoms with Crippen molar-refractivity contribution in [2.24, 2.45) is 0 Å². The van der Waals surface area contributed by atoms with Crippen LogP contribution in [0.5, 0.6) is 11.5 Å². The Hall–Kier alpha value is -3.81. The molecule has 30 heavy (non-hydrogen) atoms. The molecule has 8 nitrogen and oxygen atoms in total. The van der Waals surface area contributed by atoms with Crippen molar-refractivity contribution < 1.29 is 19.1 Å². The fourth-order valence-electron chi connectivity index (χ4n) is 3.45. The lowest BCUT2D eigenvalue weighted by atomic mass is 10.1. The molecule has 0 saturated heterocycles. The lowest BCUT2D eigenvalue weighted by Gasteiger charge is -2.25. The summed E-state index contributed by atoms with van der Waals surface area (Å²) in [5.41, 5.74) is 2.01. The SMILES string of the molecule is COc1ccc(C2Cn3cc(C(=O)NCc4ccccc4OC)nc3C(=O)N2)cc1. The number of benzene rings is 2. The molecule has 2 N–H and O–H groups in total. The summed E-state index contributed by atoms with van der Waals surface area (Å²) in [4.78, 5) is 29.3. The van der Waals surface area contributed by atoms with Crippen LogP contribution < -0.4 is 20.1 Å². The third-order valence-corrected chi connectivity index (χ3v) is 5.05. The molecule has 0 radical (unpaired) electrons. The zero-order valence-electron chi connectivity index (χ0n) is 16.7. The maximum Gasteiger partial charge on any atom is 0.287 e.